The highest BCUT2D eigenvalue weighted by molar-refractivity contribution is 5.87. The van der Waals surface area contributed by atoms with Gasteiger partial charge in [0.15, 0.2) is 11.5 Å². The lowest BCUT2D eigenvalue weighted by Crippen LogP contribution is -2.35. The molecule has 2 aromatic rings. The minimum Gasteiger partial charge on any atom is -0.495 e. The number of para-hydroxylation sites is 2. The third-order valence-electron chi connectivity index (χ3n) is 3.66. The smallest absolute Gasteiger partial charge is 0.262 e. The lowest BCUT2D eigenvalue weighted by molar-refractivity contribution is -0.121. The van der Waals surface area contributed by atoms with Gasteiger partial charge in [-0.2, -0.15) is 5.10 Å². The number of hydrogen-bond acceptors (Lipinski definition) is 6. The van der Waals surface area contributed by atoms with E-state index in [1.54, 1.807) is 32.4 Å². The SMILES string of the molecule is COc1ccccc1N[C@@H](C)C(=O)N/N=C\c1ccc2c(c1)OCO2. The number of rotatable bonds is 6. The number of ether oxygens (including phenoxy) is 3. The maximum Gasteiger partial charge on any atom is 0.262 e. The van der Waals surface area contributed by atoms with Gasteiger partial charge in [0.1, 0.15) is 11.8 Å². The van der Waals surface area contributed by atoms with Gasteiger partial charge in [0.05, 0.1) is 19.0 Å². The quantitative estimate of drug-likeness (QED) is 0.623. The fraction of sp³-hybridized carbons (Fsp3) is 0.222. The summed E-state index contributed by atoms with van der Waals surface area (Å²) in [5, 5.41) is 7.08. The highest BCUT2D eigenvalue weighted by atomic mass is 16.7. The third-order valence-corrected chi connectivity index (χ3v) is 3.66. The average molecular weight is 341 g/mol. The first-order valence-electron chi connectivity index (χ1n) is 7.79. The van der Waals surface area contributed by atoms with E-state index in [1.165, 1.54) is 0 Å². The van der Waals surface area contributed by atoms with Gasteiger partial charge in [-0.3, -0.25) is 4.79 Å². The lowest BCUT2D eigenvalue weighted by Gasteiger charge is -2.15. The van der Waals surface area contributed by atoms with E-state index in [1.807, 2.05) is 30.3 Å². The van der Waals surface area contributed by atoms with Crippen LogP contribution >= 0.6 is 0 Å². The summed E-state index contributed by atoms with van der Waals surface area (Å²) in [5.41, 5.74) is 4.06. The summed E-state index contributed by atoms with van der Waals surface area (Å²) in [6.07, 6.45) is 1.55. The molecule has 1 heterocycles. The first-order chi connectivity index (χ1) is 12.2. The Kier molecular flexibility index (Phi) is 5.03. The van der Waals surface area contributed by atoms with Crippen LogP contribution in [0.1, 0.15) is 12.5 Å². The van der Waals surface area contributed by atoms with E-state index < -0.39 is 6.04 Å². The molecule has 1 atom stereocenters. The number of amides is 1. The summed E-state index contributed by atoms with van der Waals surface area (Å²) in [6.45, 7) is 1.97. The van der Waals surface area contributed by atoms with E-state index in [-0.39, 0.29) is 12.7 Å². The highest BCUT2D eigenvalue weighted by Crippen LogP contribution is 2.31. The first kappa shape index (κ1) is 16.6. The molecule has 7 heteroatoms. The molecule has 0 unspecified atom stereocenters. The second-order valence-corrected chi connectivity index (χ2v) is 5.41. The van der Waals surface area contributed by atoms with Crippen molar-refractivity contribution in [2.24, 2.45) is 5.10 Å². The van der Waals surface area contributed by atoms with Crippen molar-refractivity contribution in [2.75, 3.05) is 19.2 Å². The van der Waals surface area contributed by atoms with Gasteiger partial charge in [-0.05, 0) is 42.8 Å². The number of fused-ring (bicyclic) bond motifs is 1. The Morgan fingerprint density at radius 3 is 2.88 bits per heavy atom. The Bertz CT molecular complexity index is 792. The molecule has 0 spiro atoms. The number of hydrogen-bond donors (Lipinski definition) is 2. The van der Waals surface area contributed by atoms with E-state index in [0.717, 1.165) is 11.3 Å². The fourth-order valence-corrected chi connectivity index (χ4v) is 2.32. The topological polar surface area (TPSA) is 81.2 Å². The Morgan fingerprint density at radius 2 is 2.04 bits per heavy atom. The second-order valence-electron chi connectivity index (χ2n) is 5.41. The van der Waals surface area contributed by atoms with Crippen LogP contribution in [0, 0.1) is 0 Å². The van der Waals surface area contributed by atoms with Gasteiger partial charge >= 0.3 is 0 Å². The first-order valence-corrected chi connectivity index (χ1v) is 7.79. The fourth-order valence-electron chi connectivity index (χ4n) is 2.32. The predicted octanol–water partition coefficient (Wildman–Crippen LogP) is 2.37. The molecule has 0 saturated heterocycles. The Balaban J connectivity index is 1.56. The van der Waals surface area contributed by atoms with Crippen molar-refractivity contribution in [1.29, 1.82) is 0 Å². The van der Waals surface area contributed by atoms with E-state index in [0.29, 0.717) is 17.2 Å². The van der Waals surface area contributed by atoms with Gasteiger partial charge in [-0.1, -0.05) is 12.1 Å². The molecule has 130 valence electrons. The van der Waals surface area contributed by atoms with Gasteiger partial charge in [0.2, 0.25) is 6.79 Å². The predicted molar refractivity (Wildman–Crippen MR) is 94.4 cm³/mol. The molecule has 2 aromatic carbocycles. The zero-order valence-electron chi connectivity index (χ0n) is 14.0. The molecule has 0 fully saturated rings. The van der Waals surface area contributed by atoms with Crippen LogP contribution in [-0.4, -0.2) is 32.1 Å². The normalized spacial score (nSPS) is 13.5. The van der Waals surface area contributed by atoms with Gasteiger partial charge in [0, 0.05) is 0 Å². The third kappa shape index (κ3) is 4.00. The van der Waals surface area contributed by atoms with Crippen molar-refractivity contribution in [3.8, 4) is 17.2 Å². The summed E-state index contributed by atoms with van der Waals surface area (Å²) < 4.78 is 15.8. The zero-order chi connectivity index (χ0) is 17.6. The van der Waals surface area contributed by atoms with Crippen molar-refractivity contribution in [3.63, 3.8) is 0 Å². The average Bonchev–Trinajstić information content (AvgIpc) is 3.09. The van der Waals surface area contributed by atoms with Crippen molar-refractivity contribution < 1.29 is 19.0 Å². The summed E-state index contributed by atoms with van der Waals surface area (Å²) in [5.74, 6) is 1.78. The molecule has 1 aliphatic rings. The minimum absolute atomic E-state index is 0.221. The van der Waals surface area contributed by atoms with Crippen LogP contribution in [-0.2, 0) is 4.79 Å². The van der Waals surface area contributed by atoms with Crippen LogP contribution in [0.25, 0.3) is 0 Å². The van der Waals surface area contributed by atoms with Gasteiger partial charge in [-0.15, -0.1) is 0 Å². The number of methoxy groups -OCH3 is 1. The molecule has 0 radical (unpaired) electrons. The van der Waals surface area contributed by atoms with Crippen molar-refractivity contribution in [1.82, 2.24) is 5.43 Å². The van der Waals surface area contributed by atoms with E-state index in [9.17, 15) is 4.79 Å². The molecular weight excluding hydrogens is 322 g/mol. The highest BCUT2D eigenvalue weighted by Gasteiger charge is 2.14. The van der Waals surface area contributed by atoms with Gasteiger partial charge < -0.3 is 19.5 Å². The zero-order valence-corrected chi connectivity index (χ0v) is 14.0. The maximum atomic E-state index is 12.2. The van der Waals surface area contributed by atoms with E-state index >= 15 is 0 Å². The molecule has 2 N–H and O–H groups in total. The Labute approximate surface area is 145 Å². The Morgan fingerprint density at radius 1 is 1.24 bits per heavy atom. The van der Waals surface area contributed by atoms with Crippen LogP contribution < -0.4 is 25.0 Å². The van der Waals surface area contributed by atoms with Crippen molar-refractivity contribution in [2.45, 2.75) is 13.0 Å². The molecule has 1 aliphatic heterocycles. The monoisotopic (exact) mass is 341 g/mol. The molecule has 25 heavy (non-hydrogen) atoms. The number of benzene rings is 2. The number of anilines is 1. The van der Waals surface area contributed by atoms with Crippen LogP contribution in [0.4, 0.5) is 5.69 Å². The van der Waals surface area contributed by atoms with Crippen LogP contribution in [0.15, 0.2) is 47.6 Å². The second kappa shape index (κ2) is 7.57. The maximum absolute atomic E-state index is 12.2. The van der Waals surface area contributed by atoms with Crippen LogP contribution in [0.2, 0.25) is 0 Å². The molecular formula is C18H19N3O4. The molecule has 3 rings (SSSR count). The summed E-state index contributed by atoms with van der Waals surface area (Å²) in [7, 11) is 1.58. The van der Waals surface area contributed by atoms with Crippen LogP contribution in [0.3, 0.4) is 0 Å². The number of carbonyl (C=O) groups is 1. The van der Waals surface area contributed by atoms with E-state index in [4.69, 9.17) is 14.2 Å². The Hall–Kier alpha value is -3.22. The molecule has 1 amide bonds. The van der Waals surface area contributed by atoms with Crippen molar-refractivity contribution in [3.05, 3.63) is 48.0 Å². The molecule has 0 aliphatic carbocycles. The molecule has 0 saturated carbocycles. The number of nitrogens with one attached hydrogen (secondary N) is 2. The standard InChI is InChI=1S/C18H19N3O4/c1-12(20-14-5-3-4-6-15(14)23-2)18(22)21-19-10-13-7-8-16-17(9-13)25-11-24-16/h3-10,12,20H,11H2,1-2H3,(H,21,22)/b19-10-/t12-/m0/s1. The summed E-state index contributed by atoms with van der Waals surface area (Å²) in [6, 6.07) is 12.4. The summed E-state index contributed by atoms with van der Waals surface area (Å²) in [4.78, 5) is 12.2. The van der Waals surface area contributed by atoms with Crippen molar-refractivity contribution >= 4 is 17.8 Å². The molecule has 0 aromatic heterocycles. The summed E-state index contributed by atoms with van der Waals surface area (Å²) >= 11 is 0. The largest absolute Gasteiger partial charge is 0.495 e. The lowest BCUT2D eigenvalue weighted by atomic mass is 10.2. The minimum atomic E-state index is -0.481. The molecule has 0 bridgehead atoms. The number of nitrogens with zero attached hydrogens (tertiary/aromatic N) is 1. The van der Waals surface area contributed by atoms with Crippen LogP contribution in [0.5, 0.6) is 17.2 Å². The van der Waals surface area contributed by atoms with E-state index in [2.05, 4.69) is 15.8 Å². The van der Waals surface area contributed by atoms with Gasteiger partial charge in [0.25, 0.3) is 5.91 Å². The number of carbonyl (C=O) groups excluding carboxylic acids is 1. The van der Waals surface area contributed by atoms with Gasteiger partial charge in [-0.25, -0.2) is 5.43 Å². The molecule has 7 nitrogen and oxygen atoms in total. The number of hydrazone groups is 1.